The quantitative estimate of drug-likeness (QED) is 0.345. The molecule has 0 saturated heterocycles. The van der Waals surface area contributed by atoms with Gasteiger partial charge in [0.1, 0.15) is 6.07 Å². The smallest absolute Gasteiger partial charge is 0.306 e. The lowest BCUT2D eigenvalue weighted by Gasteiger charge is -2.08. The van der Waals surface area contributed by atoms with Gasteiger partial charge >= 0.3 is 5.97 Å². The third-order valence-electron chi connectivity index (χ3n) is 5.64. The zero-order chi connectivity index (χ0) is 23.5. The number of aryl methyl sites for hydroxylation is 2. The maximum atomic E-state index is 11.6. The molecule has 0 saturated carbocycles. The second-order valence-corrected chi connectivity index (χ2v) is 8.26. The first-order valence-electron chi connectivity index (χ1n) is 11.1. The third-order valence-corrected chi connectivity index (χ3v) is 5.64. The fourth-order valence-electron chi connectivity index (χ4n) is 3.97. The van der Waals surface area contributed by atoms with Gasteiger partial charge in [0, 0.05) is 40.7 Å². The molecular formula is C26H26N4O3. The highest BCUT2D eigenvalue weighted by molar-refractivity contribution is 5.90. The lowest BCUT2D eigenvalue weighted by Crippen LogP contribution is -2.05. The van der Waals surface area contributed by atoms with E-state index in [4.69, 9.17) is 9.26 Å². The number of nitrogens with zero attached hydrogens (tertiary/aromatic N) is 4. The number of esters is 1. The van der Waals surface area contributed by atoms with Crippen LogP contribution in [0.1, 0.15) is 49.9 Å². The molecule has 0 atom stereocenters. The van der Waals surface area contributed by atoms with E-state index in [9.17, 15) is 10.1 Å². The van der Waals surface area contributed by atoms with Gasteiger partial charge < -0.3 is 13.8 Å². The summed E-state index contributed by atoms with van der Waals surface area (Å²) < 4.78 is 12.6. The van der Waals surface area contributed by atoms with Crippen LogP contribution in [-0.2, 0) is 16.0 Å². The van der Waals surface area contributed by atoms with Gasteiger partial charge in [-0.2, -0.15) is 10.2 Å². The van der Waals surface area contributed by atoms with E-state index in [1.165, 1.54) is 0 Å². The molecule has 168 valence electrons. The van der Waals surface area contributed by atoms with Gasteiger partial charge in [-0.3, -0.25) is 4.79 Å². The number of fused-ring (bicyclic) bond motifs is 1. The first-order valence-corrected chi connectivity index (χ1v) is 11.1. The number of rotatable bonds is 7. The van der Waals surface area contributed by atoms with E-state index in [1.807, 2.05) is 49.5 Å². The predicted molar refractivity (Wildman–Crippen MR) is 125 cm³/mol. The Bertz CT molecular complexity index is 1360. The van der Waals surface area contributed by atoms with E-state index in [2.05, 4.69) is 34.6 Å². The van der Waals surface area contributed by atoms with Crippen LogP contribution in [0.15, 0.2) is 47.1 Å². The number of aromatic nitrogens is 3. The largest absolute Gasteiger partial charge is 0.466 e. The van der Waals surface area contributed by atoms with Crippen LogP contribution in [0.5, 0.6) is 0 Å². The number of carbonyl (C=O) groups is 1. The summed E-state index contributed by atoms with van der Waals surface area (Å²) in [5.41, 5.74) is 5.31. The summed E-state index contributed by atoms with van der Waals surface area (Å²) >= 11 is 0. The number of carbonyl (C=O) groups excluding carboxylic acids is 1. The van der Waals surface area contributed by atoms with Crippen LogP contribution < -0.4 is 0 Å². The van der Waals surface area contributed by atoms with E-state index in [0.29, 0.717) is 36.7 Å². The van der Waals surface area contributed by atoms with Gasteiger partial charge in [-0.05, 0) is 63.4 Å². The molecule has 0 radical (unpaired) electrons. The van der Waals surface area contributed by atoms with Gasteiger partial charge in [-0.25, -0.2) is 0 Å². The van der Waals surface area contributed by atoms with Crippen molar-refractivity contribution < 1.29 is 14.1 Å². The number of ether oxygens (including phenoxy) is 1. The second kappa shape index (κ2) is 9.29. The Morgan fingerprint density at radius 2 is 2.06 bits per heavy atom. The molecule has 2 aromatic heterocycles. The second-order valence-electron chi connectivity index (χ2n) is 8.26. The molecule has 33 heavy (non-hydrogen) atoms. The lowest BCUT2D eigenvalue weighted by atomic mass is 10.0. The number of benzene rings is 2. The van der Waals surface area contributed by atoms with Crippen LogP contribution in [0.3, 0.4) is 0 Å². The van der Waals surface area contributed by atoms with Crippen molar-refractivity contribution in [2.24, 2.45) is 0 Å². The first kappa shape index (κ1) is 22.3. The van der Waals surface area contributed by atoms with Crippen molar-refractivity contribution in [2.75, 3.05) is 6.61 Å². The molecular weight excluding hydrogens is 416 g/mol. The van der Waals surface area contributed by atoms with Crippen LogP contribution in [0.4, 0.5) is 0 Å². The zero-order valence-electron chi connectivity index (χ0n) is 19.3. The molecule has 4 aromatic rings. The molecule has 0 N–H and O–H groups in total. The maximum Gasteiger partial charge on any atom is 0.306 e. The highest BCUT2D eigenvalue weighted by Gasteiger charge is 2.16. The molecule has 0 aliphatic heterocycles. The molecule has 4 rings (SSSR count). The van der Waals surface area contributed by atoms with Gasteiger partial charge in [-0.15, -0.1) is 0 Å². The molecule has 0 spiro atoms. The average Bonchev–Trinajstić information content (AvgIpc) is 3.42. The Balaban J connectivity index is 1.60. The average molecular weight is 443 g/mol. The van der Waals surface area contributed by atoms with Crippen molar-refractivity contribution in [3.05, 3.63) is 59.3 Å². The van der Waals surface area contributed by atoms with Crippen molar-refractivity contribution in [3.8, 4) is 28.9 Å². The Morgan fingerprint density at radius 1 is 1.24 bits per heavy atom. The summed E-state index contributed by atoms with van der Waals surface area (Å²) in [6.07, 6.45) is 2.85. The zero-order valence-corrected chi connectivity index (χ0v) is 19.3. The Morgan fingerprint density at radius 3 is 2.76 bits per heavy atom. The summed E-state index contributed by atoms with van der Waals surface area (Å²) in [7, 11) is 0. The van der Waals surface area contributed by atoms with Crippen molar-refractivity contribution >= 4 is 16.9 Å². The van der Waals surface area contributed by atoms with Gasteiger partial charge in [0.25, 0.3) is 5.89 Å². The SMILES string of the molecule is CCOC(=O)CCc1ccc(-c2noc(-c3ccc4c(c3)c(C#N)cn4C(C)C)n2)c(C)c1. The number of nitriles is 1. The standard InChI is InChI=1S/C26H26N4O3/c1-5-32-24(31)11-7-18-6-9-21(17(4)12-18)25-28-26(33-29-25)19-8-10-23-22(13-19)20(14-27)15-30(23)16(2)3/h6,8-10,12-13,15-16H,5,7,11H2,1-4H3. The highest BCUT2D eigenvalue weighted by Crippen LogP contribution is 2.30. The van der Waals surface area contributed by atoms with Crippen molar-refractivity contribution in [1.29, 1.82) is 5.26 Å². The van der Waals surface area contributed by atoms with Gasteiger partial charge in [0.2, 0.25) is 5.82 Å². The van der Waals surface area contributed by atoms with Crippen LogP contribution in [-0.4, -0.2) is 27.3 Å². The highest BCUT2D eigenvalue weighted by atomic mass is 16.5. The normalized spacial score (nSPS) is 11.2. The van der Waals surface area contributed by atoms with E-state index < -0.39 is 0 Å². The molecule has 7 heteroatoms. The summed E-state index contributed by atoms with van der Waals surface area (Å²) in [5, 5.41) is 14.6. The molecule has 0 bridgehead atoms. The Labute approximate surface area is 192 Å². The van der Waals surface area contributed by atoms with Crippen LogP contribution >= 0.6 is 0 Å². The number of hydrogen-bond donors (Lipinski definition) is 0. The predicted octanol–water partition coefficient (Wildman–Crippen LogP) is 5.62. The van der Waals surface area contributed by atoms with Crippen LogP contribution in [0, 0.1) is 18.3 Å². The van der Waals surface area contributed by atoms with Crippen LogP contribution in [0.2, 0.25) is 0 Å². The van der Waals surface area contributed by atoms with E-state index >= 15 is 0 Å². The molecule has 0 amide bonds. The minimum atomic E-state index is -0.192. The molecule has 2 heterocycles. The molecule has 0 aliphatic rings. The molecule has 0 aliphatic carbocycles. The molecule has 0 fully saturated rings. The van der Waals surface area contributed by atoms with E-state index in [-0.39, 0.29) is 12.0 Å². The molecule has 2 aromatic carbocycles. The number of hydrogen-bond acceptors (Lipinski definition) is 6. The summed E-state index contributed by atoms with van der Waals surface area (Å²) in [4.78, 5) is 16.2. The monoisotopic (exact) mass is 442 g/mol. The molecule has 7 nitrogen and oxygen atoms in total. The molecule has 0 unspecified atom stereocenters. The van der Waals surface area contributed by atoms with E-state index in [1.54, 1.807) is 6.92 Å². The van der Waals surface area contributed by atoms with Gasteiger partial charge in [-0.1, -0.05) is 23.4 Å². The van der Waals surface area contributed by atoms with Crippen molar-refractivity contribution in [1.82, 2.24) is 14.7 Å². The lowest BCUT2D eigenvalue weighted by molar-refractivity contribution is -0.143. The fraction of sp³-hybridized carbons (Fsp3) is 0.308. The van der Waals surface area contributed by atoms with Gasteiger partial charge in [0.05, 0.1) is 12.2 Å². The van der Waals surface area contributed by atoms with Crippen molar-refractivity contribution in [2.45, 2.75) is 46.6 Å². The van der Waals surface area contributed by atoms with Crippen molar-refractivity contribution in [3.63, 3.8) is 0 Å². The maximum absolute atomic E-state index is 11.6. The third kappa shape index (κ3) is 4.51. The summed E-state index contributed by atoms with van der Waals surface area (Å²) in [6.45, 7) is 8.36. The van der Waals surface area contributed by atoms with Crippen LogP contribution in [0.25, 0.3) is 33.7 Å². The fourth-order valence-corrected chi connectivity index (χ4v) is 3.97. The minimum Gasteiger partial charge on any atom is -0.466 e. The summed E-state index contributed by atoms with van der Waals surface area (Å²) in [6, 6.07) is 14.3. The Hall–Kier alpha value is -3.92. The summed E-state index contributed by atoms with van der Waals surface area (Å²) in [5.74, 6) is 0.709. The Kier molecular flexibility index (Phi) is 6.27. The van der Waals surface area contributed by atoms with E-state index in [0.717, 1.165) is 33.2 Å². The van der Waals surface area contributed by atoms with Gasteiger partial charge in [0.15, 0.2) is 0 Å². The topological polar surface area (TPSA) is 93.9 Å². The first-order chi connectivity index (χ1) is 15.9. The minimum absolute atomic E-state index is 0.192.